The van der Waals surface area contributed by atoms with Crippen LogP contribution in [0.25, 0.3) is 0 Å². The minimum absolute atomic E-state index is 0.0470. The molecule has 0 bridgehead atoms. The summed E-state index contributed by atoms with van der Waals surface area (Å²) in [5.74, 6) is -1.24. The number of amides is 2. The van der Waals surface area contributed by atoms with Gasteiger partial charge in [0.2, 0.25) is 21.8 Å². The normalized spacial score (nSPS) is 12.3. The molecule has 0 saturated carbocycles. The molecule has 0 spiro atoms. The van der Waals surface area contributed by atoms with E-state index in [1.165, 1.54) is 23.1 Å². The predicted molar refractivity (Wildman–Crippen MR) is 128 cm³/mol. The van der Waals surface area contributed by atoms with Crippen LogP contribution < -0.4 is 9.62 Å². The third kappa shape index (κ3) is 8.16. The summed E-state index contributed by atoms with van der Waals surface area (Å²) in [6.07, 6.45) is 1.45. The van der Waals surface area contributed by atoms with E-state index in [1.54, 1.807) is 6.92 Å². The Morgan fingerprint density at radius 1 is 1.03 bits per heavy atom. The van der Waals surface area contributed by atoms with Gasteiger partial charge in [0.25, 0.3) is 0 Å². The summed E-state index contributed by atoms with van der Waals surface area (Å²) >= 11 is 0. The van der Waals surface area contributed by atoms with Gasteiger partial charge in [0.15, 0.2) is 0 Å². The Morgan fingerprint density at radius 2 is 1.70 bits per heavy atom. The second kappa shape index (κ2) is 11.8. The number of carbonyl (C=O) groups is 2. The first-order valence-corrected chi connectivity index (χ1v) is 12.7. The first-order chi connectivity index (χ1) is 15.5. The Labute approximate surface area is 195 Å². The molecule has 0 radical (unpaired) electrons. The summed E-state index contributed by atoms with van der Waals surface area (Å²) in [5, 5.41) is 2.82. The van der Waals surface area contributed by atoms with Gasteiger partial charge in [-0.25, -0.2) is 12.8 Å². The van der Waals surface area contributed by atoms with Crippen molar-refractivity contribution in [3.8, 4) is 0 Å². The van der Waals surface area contributed by atoms with Gasteiger partial charge in [0, 0.05) is 13.1 Å². The monoisotopic (exact) mass is 477 g/mol. The van der Waals surface area contributed by atoms with Crippen molar-refractivity contribution in [3.63, 3.8) is 0 Å². The molecule has 2 rings (SSSR count). The first-order valence-electron chi connectivity index (χ1n) is 10.8. The second-order valence-electron chi connectivity index (χ2n) is 8.39. The number of nitrogens with one attached hydrogen (secondary N) is 1. The van der Waals surface area contributed by atoms with E-state index in [-0.39, 0.29) is 24.1 Å². The zero-order valence-corrected chi connectivity index (χ0v) is 20.3. The van der Waals surface area contributed by atoms with Crippen LogP contribution in [0.3, 0.4) is 0 Å². The Bertz CT molecular complexity index is 1040. The fourth-order valence-corrected chi connectivity index (χ4v) is 4.11. The van der Waals surface area contributed by atoms with Crippen molar-refractivity contribution in [2.75, 3.05) is 30.2 Å². The number of nitrogens with zero attached hydrogens (tertiary/aromatic N) is 2. The fraction of sp³-hybridized carbons (Fsp3) is 0.417. The van der Waals surface area contributed by atoms with Crippen molar-refractivity contribution < 1.29 is 22.4 Å². The maximum Gasteiger partial charge on any atom is 0.244 e. The van der Waals surface area contributed by atoms with Gasteiger partial charge in [-0.1, -0.05) is 50.2 Å². The molecule has 0 aromatic heterocycles. The number of sulfonamides is 1. The predicted octanol–water partition coefficient (Wildman–Crippen LogP) is 2.82. The molecule has 2 aromatic carbocycles. The van der Waals surface area contributed by atoms with Crippen molar-refractivity contribution in [2.45, 2.75) is 33.2 Å². The summed E-state index contributed by atoms with van der Waals surface area (Å²) in [6, 6.07) is 13.7. The highest BCUT2D eigenvalue weighted by atomic mass is 32.2. The van der Waals surface area contributed by atoms with E-state index in [4.69, 9.17) is 0 Å². The van der Waals surface area contributed by atoms with E-state index in [0.717, 1.165) is 22.2 Å². The van der Waals surface area contributed by atoms with E-state index in [2.05, 4.69) is 5.32 Å². The highest BCUT2D eigenvalue weighted by Crippen LogP contribution is 2.19. The summed E-state index contributed by atoms with van der Waals surface area (Å²) in [5.41, 5.74) is 1.03. The molecule has 9 heteroatoms. The fourth-order valence-electron chi connectivity index (χ4n) is 3.27. The molecule has 0 aliphatic carbocycles. The zero-order valence-electron chi connectivity index (χ0n) is 19.5. The number of rotatable bonds is 11. The van der Waals surface area contributed by atoms with Crippen LogP contribution in [-0.4, -0.2) is 57.1 Å². The minimum Gasteiger partial charge on any atom is -0.354 e. The van der Waals surface area contributed by atoms with E-state index in [0.29, 0.717) is 13.0 Å². The molecule has 0 heterocycles. The maximum absolute atomic E-state index is 13.7. The number of benzene rings is 2. The summed E-state index contributed by atoms with van der Waals surface area (Å²) < 4.78 is 39.4. The summed E-state index contributed by atoms with van der Waals surface area (Å²) in [4.78, 5) is 27.4. The van der Waals surface area contributed by atoms with E-state index in [1.807, 2.05) is 44.2 Å². The molecule has 0 fully saturated rings. The Morgan fingerprint density at radius 3 is 2.27 bits per heavy atom. The van der Waals surface area contributed by atoms with Crippen molar-refractivity contribution in [1.82, 2.24) is 10.2 Å². The van der Waals surface area contributed by atoms with Crippen LogP contribution in [0, 0.1) is 11.7 Å². The van der Waals surface area contributed by atoms with Crippen molar-refractivity contribution in [3.05, 3.63) is 66.0 Å². The summed E-state index contributed by atoms with van der Waals surface area (Å²) in [6.45, 7) is 5.69. The third-order valence-corrected chi connectivity index (χ3v) is 6.25. The molecule has 0 unspecified atom stereocenters. The van der Waals surface area contributed by atoms with Gasteiger partial charge in [-0.2, -0.15) is 0 Å². The van der Waals surface area contributed by atoms with Gasteiger partial charge in [-0.05, 0) is 43.0 Å². The highest BCUT2D eigenvalue weighted by molar-refractivity contribution is 7.92. The van der Waals surface area contributed by atoms with E-state index >= 15 is 0 Å². The molecule has 33 heavy (non-hydrogen) atoms. The van der Waals surface area contributed by atoms with Crippen LogP contribution in [0.4, 0.5) is 10.1 Å². The van der Waals surface area contributed by atoms with Crippen LogP contribution in [0.1, 0.15) is 26.3 Å². The lowest BCUT2D eigenvalue weighted by atomic mass is 10.1. The average molecular weight is 478 g/mol. The lowest BCUT2D eigenvalue weighted by Crippen LogP contribution is -2.52. The van der Waals surface area contributed by atoms with E-state index < -0.39 is 34.3 Å². The van der Waals surface area contributed by atoms with Gasteiger partial charge < -0.3 is 10.2 Å². The van der Waals surface area contributed by atoms with Crippen molar-refractivity contribution in [1.29, 1.82) is 0 Å². The highest BCUT2D eigenvalue weighted by Gasteiger charge is 2.29. The SMILES string of the molecule is CC(C)CNC(=O)[C@@H](C)N(CCc1ccccc1)C(=O)CN(c1cccc(F)c1)S(C)(=O)=O. The summed E-state index contributed by atoms with van der Waals surface area (Å²) in [7, 11) is -3.88. The van der Waals surface area contributed by atoms with Crippen molar-refractivity contribution >= 4 is 27.5 Å². The molecule has 2 amide bonds. The molecule has 0 aliphatic heterocycles. The topological polar surface area (TPSA) is 86.8 Å². The molecule has 1 N–H and O–H groups in total. The molecule has 0 saturated heterocycles. The molecule has 7 nitrogen and oxygen atoms in total. The molecular formula is C24H32FN3O4S. The quantitative estimate of drug-likeness (QED) is 0.539. The first kappa shape index (κ1) is 26.3. The molecular weight excluding hydrogens is 445 g/mol. The third-order valence-electron chi connectivity index (χ3n) is 5.11. The van der Waals surface area contributed by atoms with Gasteiger partial charge in [-0.3, -0.25) is 13.9 Å². The number of hydrogen-bond acceptors (Lipinski definition) is 4. The second-order valence-corrected chi connectivity index (χ2v) is 10.3. The Balaban J connectivity index is 2.28. The molecule has 0 aliphatic rings. The number of carbonyl (C=O) groups excluding carboxylic acids is 2. The number of halogens is 1. The minimum atomic E-state index is -3.88. The lowest BCUT2D eigenvalue weighted by Gasteiger charge is -2.31. The number of hydrogen-bond donors (Lipinski definition) is 1. The average Bonchev–Trinajstić information content (AvgIpc) is 2.75. The van der Waals surface area contributed by atoms with Crippen LogP contribution in [-0.2, 0) is 26.0 Å². The molecule has 180 valence electrons. The maximum atomic E-state index is 13.7. The number of anilines is 1. The Kier molecular flexibility index (Phi) is 9.40. The van der Waals surface area contributed by atoms with Crippen molar-refractivity contribution in [2.24, 2.45) is 5.92 Å². The van der Waals surface area contributed by atoms with Crippen LogP contribution >= 0.6 is 0 Å². The molecule has 1 atom stereocenters. The standard InChI is InChI=1S/C24H32FN3O4S/c1-18(2)16-26-24(30)19(3)27(14-13-20-9-6-5-7-10-20)23(29)17-28(33(4,31)32)22-12-8-11-21(25)15-22/h5-12,15,18-19H,13-14,16-17H2,1-4H3,(H,26,30)/t19-/m1/s1. The lowest BCUT2D eigenvalue weighted by molar-refractivity contribution is -0.138. The van der Waals surface area contributed by atoms with Gasteiger partial charge in [-0.15, -0.1) is 0 Å². The van der Waals surface area contributed by atoms with Gasteiger partial charge in [0.05, 0.1) is 11.9 Å². The zero-order chi connectivity index (χ0) is 24.6. The van der Waals surface area contributed by atoms with Gasteiger partial charge in [0.1, 0.15) is 18.4 Å². The Hall–Kier alpha value is -2.94. The van der Waals surface area contributed by atoms with Crippen LogP contribution in [0.15, 0.2) is 54.6 Å². The van der Waals surface area contributed by atoms with Crippen LogP contribution in [0.2, 0.25) is 0 Å². The largest absolute Gasteiger partial charge is 0.354 e. The smallest absolute Gasteiger partial charge is 0.244 e. The van der Waals surface area contributed by atoms with Crippen LogP contribution in [0.5, 0.6) is 0 Å². The van der Waals surface area contributed by atoms with E-state index in [9.17, 15) is 22.4 Å². The molecule has 2 aromatic rings. The van der Waals surface area contributed by atoms with Gasteiger partial charge >= 0.3 is 0 Å².